The fourth-order valence-electron chi connectivity index (χ4n) is 0.249. The minimum absolute atomic E-state index is 0. The first-order valence-corrected chi connectivity index (χ1v) is 2.22. The summed E-state index contributed by atoms with van der Waals surface area (Å²) in [6.07, 6.45) is 0.329. The van der Waals surface area contributed by atoms with Crippen LogP contribution in [-0.4, -0.2) is 11.6 Å². The van der Waals surface area contributed by atoms with Crippen LogP contribution in [0.2, 0.25) is 0 Å². The van der Waals surface area contributed by atoms with Crippen molar-refractivity contribution in [2.75, 3.05) is 0 Å². The maximum atomic E-state index is 10.2. The van der Waals surface area contributed by atoms with Crippen molar-refractivity contribution in [1.82, 2.24) is 0 Å². The third-order valence-electron chi connectivity index (χ3n) is 0.714. The standard InChI is InChI=1S/C5H8O2.Mn/c1-3-5(7)4(2)6;/h3H2,1-2H3;. The zero-order chi connectivity index (χ0) is 5.86. The van der Waals surface area contributed by atoms with Crippen LogP contribution in [0, 0.1) is 0 Å². The Bertz CT molecular complexity index is 98.6. The van der Waals surface area contributed by atoms with Gasteiger partial charge in [0.15, 0.2) is 11.6 Å². The molecule has 0 aliphatic carbocycles. The normalized spacial score (nSPS) is 7.25. The fourth-order valence-corrected chi connectivity index (χ4v) is 0.249. The molecule has 8 heavy (non-hydrogen) atoms. The molecule has 0 aromatic carbocycles. The number of hydrogen-bond donors (Lipinski definition) is 0. The zero-order valence-electron chi connectivity index (χ0n) is 4.90. The molecule has 0 aromatic rings. The Morgan fingerprint density at radius 1 is 1.38 bits per heavy atom. The summed E-state index contributed by atoms with van der Waals surface area (Å²) in [5.41, 5.74) is 0. The minimum atomic E-state index is -0.345. The first-order chi connectivity index (χ1) is 3.18. The van der Waals surface area contributed by atoms with E-state index in [2.05, 4.69) is 0 Å². The number of Topliss-reactive ketones (excluding diaryl/α,β-unsaturated/α-hetero) is 2. The van der Waals surface area contributed by atoms with Crippen LogP contribution in [0.5, 0.6) is 0 Å². The largest absolute Gasteiger partial charge is 0.291 e. The van der Waals surface area contributed by atoms with Gasteiger partial charge >= 0.3 is 0 Å². The van der Waals surface area contributed by atoms with Gasteiger partial charge in [-0.25, -0.2) is 0 Å². The van der Waals surface area contributed by atoms with E-state index in [1.54, 1.807) is 6.92 Å². The molecule has 0 aliphatic heterocycles. The molecule has 1 radical (unpaired) electrons. The van der Waals surface area contributed by atoms with Crippen LogP contribution in [-0.2, 0) is 26.7 Å². The molecule has 0 fully saturated rings. The molecule has 0 unspecified atom stereocenters. The van der Waals surface area contributed by atoms with Crippen LogP contribution in [0.15, 0.2) is 0 Å². The van der Waals surface area contributed by atoms with Gasteiger partial charge in [0.05, 0.1) is 0 Å². The zero-order valence-corrected chi connectivity index (χ0v) is 6.08. The van der Waals surface area contributed by atoms with Crippen LogP contribution < -0.4 is 0 Å². The number of hydrogen-bond acceptors (Lipinski definition) is 2. The molecular formula is C5H8MnO2. The molecule has 0 aliphatic rings. The molecule has 47 valence electrons. The maximum absolute atomic E-state index is 10.2. The molecule has 0 amide bonds. The van der Waals surface area contributed by atoms with E-state index in [1.807, 2.05) is 0 Å². The van der Waals surface area contributed by atoms with Gasteiger partial charge in [0.2, 0.25) is 0 Å². The first-order valence-electron chi connectivity index (χ1n) is 2.22. The monoisotopic (exact) mass is 155 g/mol. The van der Waals surface area contributed by atoms with E-state index in [0.29, 0.717) is 6.42 Å². The molecule has 0 rings (SSSR count). The van der Waals surface area contributed by atoms with Gasteiger partial charge in [0, 0.05) is 30.4 Å². The predicted octanol–water partition coefficient (Wildman–Crippen LogP) is 0.552. The second kappa shape index (κ2) is 5.01. The SMILES string of the molecule is CCC(=O)C(C)=O.[Mn]. The van der Waals surface area contributed by atoms with Gasteiger partial charge in [0.1, 0.15) is 0 Å². The topological polar surface area (TPSA) is 34.1 Å². The van der Waals surface area contributed by atoms with E-state index < -0.39 is 0 Å². The van der Waals surface area contributed by atoms with Crippen LogP contribution in [0.4, 0.5) is 0 Å². The van der Waals surface area contributed by atoms with E-state index in [1.165, 1.54) is 6.92 Å². The molecule has 0 atom stereocenters. The van der Waals surface area contributed by atoms with Crippen LogP contribution in [0.25, 0.3) is 0 Å². The second-order valence-corrected chi connectivity index (χ2v) is 1.33. The summed E-state index contributed by atoms with van der Waals surface area (Å²) in [6.45, 7) is 2.95. The van der Waals surface area contributed by atoms with Crippen LogP contribution >= 0.6 is 0 Å². The van der Waals surface area contributed by atoms with Crippen molar-refractivity contribution >= 4 is 11.6 Å². The van der Waals surface area contributed by atoms with E-state index >= 15 is 0 Å². The summed E-state index contributed by atoms with van der Waals surface area (Å²) < 4.78 is 0. The quantitative estimate of drug-likeness (QED) is 0.431. The van der Waals surface area contributed by atoms with E-state index in [0.717, 1.165) is 0 Å². The number of rotatable bonds is 2. The van der Waals surface area contributed by atoms with Gasteiger partial charge in [-0.2, -0.15) is 0 Å². The van der Waals surface area contributed by atoms with Gasteiger partial charge < -0.3 is 0 Å². The second-order valence-electron chi connectivity index (χ2n) is 1.33. The average Bonchev–Trinajstić information content (AvgIpc) is 1.65. The third-order valence-corrected chi connectivity index (χ3v) is 0.714. The molecule has 3 heteroatoms. The molecule has 0 spiro atoms. The Balaban J connectivity index is 0. The summed E-state index contributed by atoms with van der Waals surface area (Å²) in [7, 11) is 0. The van der Waals surface area contributed by atoms with Crippen molar-refractivity contribution in [3.8, 4) is 0 Å². The molecule has 0 heterocycles. The summed E-state index contributed by atoms with van der Waals surface area (Å²) in [6, 6.07) is 0. The maximum Gasteiger partial charge on any atom is 0.197 e. The molecule has 0 aromatic heterocycles. The Labute approximate surface area is 59.1 Å². The molecule has 0 saturated carbocycles. The predicted molar refractivity (Wildman–Crippen MR) is 26.0 cm³/mol. The van der Waals surface area contributed by atoms with E-state index in [4.69, 9.17) is 0 Å². The van der Waals surface area contributed by atoms with Gasteiger partial charge in [-0.1, -0.05) is 6.92 Å². The number of ketones is 2. The van der Waals surface area contributed by atoms with Crippen molar-refractivity contribution in [3.05, 3.63) is 0 Å². The van der Waals surface area contributed by atoms with Gasteiger partial charge in [0.25, 0.3) is 0 Å². The van der Waals surface area contributed by atoms with Crippen LogP contribution in [0.3, 0.4) is 0 Å². The Kier molecular flexibility index (Phi) is 6.74. The average molecular weight is 155 g/mol. The van der Waals surface area contributed by atoms with Crippen molar-refractivity contribution in [1.29, 1.82) is 0 Å². The molecular weight excluding hydrogens is 147 g/mol. The third kappa shape index (κ3) is 4.03. The van der Waals surface area contributed by atoms with E-state index in [-0.39, 0.29) is 28.6 Å². The van der Waals surface area contributed by atoms with Gasteiger partial charge in [-0.3, -0.25) is 9.59 Å². The Morgan fingerprint density at radius 2 is 1.75 bits per heavy atom. The Morgan fingerprint density at radius 3 is 1.75 bits per heavy atom. The summed E-state index contributed by atoms with van der Waals surface area (Å²) in [5.74, 6) is -0.637. The van der Waals surface area contributed by atoms with Crippen molar-refractivity contribution in [2.24, 2.45) is 0 Å². The van der Waals surface area contributed by atoms with Gasteiger partial charge in [-0.05, 0) is 0 Å². The summed E-state index contributed by atoms with van der Waals surface area (Å²) in [5, 5.41) is 0. The van der Waals surface area contributed by atoms with Crippen molar-refractivity contribution < 1.29 is 26.7 Å². The van der Waals surface area contributed by atoms with Crippen molar-refractivity contribution in [3.63, 3.8) is 0 Å². The summed E-state index contributed by atoms with van der Waals surface area (Å²) >= 11 is 0. The smallest absolute Gasteiger partial charge is 0.197 e. The van der Waals surface area contributed by atoms with Crippen LogP contribution in [0.1, 0.15) is 20.3 Å². The molecule has 0 N–H and O–H groups in total. The van der Waals surface area contributed by atoms with Crippen molar-refractivity contribution in [2.45, 2.75) is 20.3 Å². The molecule has 2 nitrogen and oxygen atoms in total. The summed E-state index contributed by atoms with van der Waals surface area (Å²) in [4.78, 5) is 20.2. The minimum Gasteiger partial charge on any atom is -0.291 e. The number of carbonyl (C=O) groups excluding carboxylic acids is 2. The van der Waals surface area contributed by atoms with Gasteiger partial charge in [-0.15, -0.1) is 0 Å². The number of carbonyl (C=O) groups is 2. The molecule has 0 saturated heterocycles. The first kappa shape index (κ1) is 10.8. The Hall–Kier alpha value is -0.141. The fraction of sp³-hybridized carbons (Fsp3) is 0.600. The van der Waals surface area contributed by atoms with E-state index in [9.17, 15) is 9.59 Å². The molecule has 0 bridgehead atoms.